The second-order valence-electron chi connectivity index (χ2n) is 3.74. The fourth-order valence-electron chi connectivity index (χ4n) is 1.41. The molecular weight excluding hydrogens is 180 g/mol. The van der Waals surface area contributed by atoms with Crippen molar-refractivity contribution in [1.82, 2.24) is 0 Å². The topological polar surface area (TPSA) is 57.2 Å². The summed E-state index contributed by atoms with van der Waals surface area (Å²) in [4.78, 5) is 10.2. The summed E-state index contributed by atoms with van der Waals surface area (Å²) in [6.07, 6.45) is 6.74. The Hall–Kier alpha value is -0.570. The quantitative estimate of drug-likeness (QED) is 0.583. The summed E-state index contributed by atoms with van der Waals surface area (Å²) in [6.45, 7) is 2.18. The predicted octanol–water partition coefficient (Wildman–Crippen LogP) is 3.01. The first-order chi connectivity index (χ1) is 6.68. The average Bonchev–Trinajstić information content (AvgIpc) is 2.16. The Morgan fingerprint density at radius 2 is 1.57 bits per heavy atom. The van der Waals surface area contributed by atoms with Crippen LogP contribution in [-0.2, 0) is 9.90 Å². The Morgan fingerprint density at radius 3 is 2.07 bits per heavy atom. The fourth-order valence-corrected chi connectivity index (χ4v) is 1.41. The van der Waals surface area contributed by atoms with Crippen molar-refractivity contribution in [3.05, 3.63) is 0 Å². The van der Waals surface area contributed by atoms with Crippen LogP contribution in [0.2, 0.25) is 0 Å². The molecule has 0 aromatic carbocycles. The number of carbonyl (C=O) groups is 1. The standard InChI is InChI=1S/C11H21O3/c1-2-3-4-5-6-7-8-9-10(12)11(13)14/h10H,2-9H2,1H3,(H,13,14). The zero-order valence-corrected chi connectivity index (χ0v) is 9.00. The van der Waals surface area contributed by atoms with Gasteiger partial charge in [0.05, 0.1) is 0 Å². The third kappa shape index (κ3) is 8.05. The minimum atomic E-state index is -1.41. The molecule has 0 aliphatic rings. The molecule has 83 valence electrons. The molecule has 0 heterocycles. The van der Waals surface area contributed by atoms with Gasteiger partial charge in [-0.05, 0) is 6.42 Å². The van der Waals surface area contributed by atoms with Crippen molar-refractivity contribution in [3.8, 4) is 0 Å². The van der Waals surface area contributed by atoms with Crippen LogP contribution in [-0.4, -0.2) is 17.2 Å². The molecular formula is C11H21O3. The fraction of sp³-hybridized carbons (Fsp3) is 0.909. The van der Waals surface area contributed by atoms with Gasteiger partial charge in [-0.1, -0.05) is 51.9 Å². The van der Waals surface area contributed by atoms with Crippen molar-refractivity contribution < 1.29 is 15.0 Å². The van der Waals surface area contributed by atoms with Gasteiger partial charge in [-0.25, -0.2) is 9.90 Å². The molecule has 14 heavy (non-hydrogen) atoms. The van der Waals surface area contributed by atoms with E-state index < -0.39 is 12.1 Å². The Bertz CT molecular complexity index is 145. The van der Waals surface area contributed by atoms with E-state index in [1.54, 1.807) is 0 Å². The zero-order valence-electron chi connectivity index (χ0n) is 9.00. The first-order valence-electron chi connectivity index (χ1n) is 5.57. The Balaban J connectivity index is 3.09. The van der Waals surface area contributed by atoms with Crippen LogP contribution in [0.3, 0.4) is 0 Å². The Morgan fingerprint density at radius 1 is 1.07 bits per heavy atom. The number of unbranched alkanes of at least 4 members (excludes halogenated alkanes) is 6. The van der Waals surface area contributed by atoms with E-state index in [2.05, 4.69) is 6.92 Å². The third-order valence-corrected chi connectivity index (χ3v) is 2.35. The second-order valence-corrected chi connectivity index (χ2v) is 3.74. The molecule has 0 saturated heterocycles. The van der Waals surface area contributed by atoms with Crippen LogP contribution in [0.4, 0.5) is 0 Å². The molecule has 0 aromatic rings. The SMILES string of the molecule is CCCCCCCCCC([O])C(=O)O. The molecule has 3 nitrogen and oxygen atoms in total. The van der Waals surface area contributed by atoms with Crippen LogP contribution in [0.25, 0.3) is 0 Å². The van der Waals surface area contributed by atoms with Gasteiger partial charge >= 0.3 is 5.97 Å². The summed E-state index contributed by atoms with van der Waals surface area (Å²) in [5, 5.41) is 19.1. The maximum Gasteiger partial charge on any atom is 0.336 e. The highest BCUT2D eigenvalue weighted by Crippen LogP contribution is 2.09. The van der Waals surface area contributed by atoms with Gasteiger partial charge in [-0.15, -0.1) is 0 Å². The minimum Gasteiger partial charge on any atom is -0.479 e. The third-order valence-electron chi connectivity index (χ3n) is 2.35. The van der Waals surface area contributed by atoms with E-state index in [-0.39, 0.29) is 6.42 Å². The van der Waals surface area contributed by atoms with Crippen LogP contribution >= 0.6 is 0 Å². The lowest BCUT2D eigenvalue weighted by Gasteiger charge is -2.02. The van der Waals surface area contributed by atoms with Crippen LogP contribution in [0, 0.1) is 0 Å². The molecule has 0 fully saturated rings. The summed E-state index contributed by atoms with van der Waals surface area (Å²) < 4.78 is 0. The Labute approximate surface area is 86.1 Å². The van der Waals surface area contributed by atoms with Crippen LogP contribution < -0.4 is 0 Å². The molecule has 0 rings (SSSR count). The molecule has 1 radical (unpaired) electrons. The number of hydrogen-bond donors (Lipinski definition) is 1. The summed E-state index contributed by atoms with van der Waals surface area (Å²) >= 11 is 0. The lowest BCUT2D eigenvalue weighted by molar-refractivity contribution is -0.150. The van der Waals surface area contributed by atoms with Gasteiger partial charge in [0.2, 0.25) is 0 Å². The predicted molar refractivity (Wildman–Crippen MR) is 54.7 cm³/mol. The van der Waals surface area contributed by atoms with Crippen molar-refractivity contribution in [3.63, 3.8) is 0 Å². The summed E-state index contributed by atoms with van der Waals surface area (Å²) in [5.74, 6) is -1.21. The van der Waals surface area contributed by atoms with Gasteiger partial charge < -0.3 is 5.11 Å². The molecule has 0 saturated carbocycles. The molecule has 1 N–H and O–H groups in total. The molecule has 0 aliphatic carbocycles. The minimum absolute atomic E-state index is 0.281. The van der Waals surface area contributed by atoms with Crippen LogP contribution in [0.5, 0.6) is 0 Å². The highest BCUT2D eigenvalue weighted by molar-refractivity contribution is 5.71. The van der Waals surface area contributed by atoms with Gasteiger partial charge in [-0.2, -0.15) is 0 Å². The van der Waals surface area contributed by atoms with Gasteiger partial charge in [0, 0.05) is 0 Å². The molecule has 0 aliphatic heterocycles. The zero-order chi connectivity index (χ0) is 10.8. The smallest absolute Gasteiger partial charge is 0.336 e. The van der Waals surface area contributed by atoms with Gasteiger partial charge in [0.25, 0.3) is 0 Å². The molecule has 1 unspecified atom stereocenters. The summed E-state index contributed by atoms with van der Waals surface area (Å²) in [5.41, 5.74) is 0. The highest BCUT2D eigenvalue weighted by Gasteiger charge is 2.13. The van der Waals surface area contributed by atoms with E-state index >= 15 is 0 Å². The van der Waals surface area contributed by atoms with E-state index in [0.29, 0.717) is 0 Å². The molecule has 0 bridgehead atoms. The lowest BCUT2D eigenvalue weighted by atomic mass is 10.1. The summed E-state index contributed by atoms with van der Waals surface area (Å²) in [7, 11) is 0. The van der Waals surface area contributed by atoms with E-state index in [0.717, 1.165) is 19.3 Å². The number of rotatable bonds is 9. The number of carboxylic acids is 1. The van der Waals surface area contributed by atoms with E-state index in [9.17, 15) is 9.90 Å². The van der Waals surface area contributed by atoms with Gasteiger partial charge in [0.1, 0.15) is 0 Å². The largest absolute Gasteiger partial charge is 0.479 e. The second kappa shape index (κ2) is 9.00. The molecule has 1 atom stereocenters. The van der Waals surface area contributed by atoms with Crippen molar-refractivity contribution in [2.75, 3.05) is 0 Å². The molecule has 0 aromatic heterocycles. The molecule has 3 heteroatoms. The monoisotopic (exact) mass is 201 g/mol. The number of aliphatic carboxylic acids is 1. The van der Waals surface area contributed by atoms with Crippen LogP contribution in [0.15, 0.2) is 0 Å². The van der Waals surface area contributed by atoms with Crippen molar-refractivity contribution in [2.24, 2.45) is 0 Å². The lowest BCUT2D eigenvalue weighted by Crippen LogP contribution is -2.17. The maximum atomic E-state index is 10.8. The van der Waals surface area contributed by atoms with E-state index in [1.165, 1.54) is 25.7 Å². The molecule has 0 amide bonds. The van der Waals surface area contributed by atoms with Crippen molar-refractivity contribution >= 4 is 5.97 Å². The highest BCUT2D eigenvalue weighted by atomic mass is 16.4. The van der Waals surface area contributed by atoms with Crippen LogP contribution in [0.1, 0.15) is 58.3 Å². The number of carboxylic acid groups (broad SMARTS) is 1. The van der Waals surface area contributed by atoms with E-state index in [1.807, 2.05) is 0 Å². The van der Waals surface area contributed by atoms with Gasteiger partial charge in [-0.3, -0.25) is 0 Å². The molecule has 0 spiro atoms. The first kappa shape index (κ1) is 13.4. The number of hydrogen-bond acceptors (Lipinski definition) is 1. The maximum absolute atomic E-state index is 10.8. The normalized spacial score (nSPS) is 12.7. The Kier molecular flexibility index (Phi) is 8.64. The van der Waals surface area contributed by atoms with Gasteiger partial charge in [0.15, 0.2) is 6.10 Å². The first-order valence-corrected chi connectivity index (χ1v) is 5.57. The van der Waals surface area contributed by atoms with E-state index in [4.69, 9.17) is 5.11 Å². The van der Waals surface area contributed by atoms with Crippen molar-refractivity contribution in [2.45, 2.75) is 64.4 Å². The average molecular weight is 201 g/mol. The van der Waals surface area contributed by atoms with Crippen molar-refractivity contribution in [1.29, 1.82) is 0 Å². The summed E-state index contributed by atoms with van der Waals surface area (Å²) in [6, 6.07) is 0.